The van der Waals surface area contributed by atoms with Gasteiger partial charge in [-0.15, -0.1) is 0 Å². The summed E-state index contributed by atoms with van der Waals surface area (Å²) in [7, 11) is 2.88. The fourth-order valence-electron chi connectivity index (χ4n) is 1.70. The largest absolute Gasteiger partial charge is 0.493 e. The lowest BCUT2D eigenvalue weighted by atomic mass is 10.1. The third-order valence-electron chi connectivity index (χ3n) is 2.36. The fourth-order valence-corrected chi connectivity index (χ4v) is 1.70. The molecule has 0 aromatic heterocycles. The molecule has 2 rings (SSSR count). The van der Waals surface area contributed by atoms with Crippen LogP contribution < -0.4 is 18.9 Å². The molecule has 0 amide bonds. The molecule has 7 heteroatoms. The van der Waals surface area contributed by atoms with Crippen molar-refractivity contribution in [3.63, 3.8) is 0 Å². The van der Waals surface area contributed by atoms with Gasteiger partial charge in [0.1, 0.15) is 0 Å². The van der Waals surface area contributed by atoms with Gasteiger partial charge in [-0.3, -0.25) is 10.1 Å². The Morgan fingerprint density at radius 1 is 1.35 bits per heavy atom. The molecule has 1 aliphatic rings. The summed E-state index contributed by atoms with van der Waals surface area (Å²) in [6.45, 7) is -0.319. The highest BCUT2D eigenvalue weighted by molar-refractivity contribution is 5.63. The molecular weight excluding hydrogens is 230 g/mol. The highest BCUT2D eigenvalue weighted by Gasteiger charge is 2.28. The second-order valence-corrected chi connectivity index (χ2v) is 3.33. The van der Waals surface area contributed by atoms with E-state index in [4.69, 9.17) is 18.9 Å². The lowest BCUT2D eigenvalue weighted by Gasteiger charge is -2.11. The summed E-state index contributed by atoms with van der Waals surface area (Å²) in [6, 6.07) is 1.52. The molecule has 0 aliphatic carbocycles. The smallest absolute Gasteiger partial charge is 0.232 e. The zero-order valence-corrected chi connectivity index (χ0v) is 9.39. The Bertz CT molecular complexity index is 459. The number of methoxy groups -OCH3 is 2. The summed E-state index contributed by atoms with van der Waals surface area (Å²) in [6.07, 6.45) is 0. The molecule has 0 atom stereocenters. The van der Waals surface area contributed by atoms with Crippen molar-refractivity contribution < 1.29 is 23.9 Å². The third-order valence-corrected chi connectivity index (χ3v) is 2.36. The van der Waals surface area contributed by atoms with Gasteiger partial charge in [0, 0.05) is 4.92 Å². The first-order chi connectivity index (χ1) is 8.17. The quantitative estimate of drug-likeness (QED) is 0.582. The molecule has 0 radical (unpaired) electrons. The van der Waals surface area contributed by atoms with Crippen LogP contribution in [0.2, 0.25) is 0 Å². The van der Waals surface area contributed by atoms with Crippen molar-refractivity contribution >= 4 is 0 Å². The summed E-state index contributed by atoms with van der Waals surface area (Å²) in [4.78, 5) is 10.1. The van der Waals surface area contributed by atoms with Gasteiger partial charge in [0.25, 0.3) is 0 Å². The molecule has 1 aromatic rings. The zero-order chi connectivity index (χ0) is 12.4. The number of hydrogen-bond donors (Lipinski definition) is 0. The van der Waals surface area contributed by atoms with Crippen molar-refractivity contribution in [2.24, 2.45) is 0 Å². The Balaban J connectivity index is 2.55. The van der Waals surface area contributed by atoms with Crippen LogP contribution in [-0.4, -0.2) is 25.9 Å². The van der Waals surface area contributed by atoms with Crippen LogP contribution in [0.1, 0.15) is 5.56 Å². The number of fused-ring (bicyclic) bond motifs is 1. The van der Waals surface area contributed by atoms with E-state index >= 15 is 0 Å². The van der Waals surface area contributed by atoms with Gasteiger partial charge in [-0.2, -0.15) is 0 Å². The Kier molecular flexibility index (Phi) is 2.90. The van der Waals surface area contributed by atoms with E-state index in [1.165, 1.54) is 20.3 Å². The maximum atomic E-state index is 10.6. The van der Waals surface area contributed by atoms with Crippen LogP contribution in [0.3, 0.4) is 0 Å². The summed E-state index contributed by atoms with van der Waals surface area (Å²) < 4.78 is 20.7. The second-order valence-electron chi connectivity index (χ2n) is 3.33. The van der Waals surface area contributed by atoms with E-state index in [-0.39, 0.29) is 13.3 Å². The van der Waals surface area contributed by atoms with E-state index in [2.05, 4.69) is 0 Å². The van der Waals surface area contributed by atoms with Gasteiger partial charge in [-0.05, 0) is 6.07 Å². The SMILES string of the molecule is COc1cc(C[N+](=O)[O-])c(OC)c2c1OCO2. The van der Waals surface area contributed by atoms with E-state index in [1.54, 1.807) is 0 Å². The van der Waals surface area contributed by atoms with Crippen LogP contribution in [0.25, 0.3) is 0 Å². The minimum atomic E-state index is -0.445. The maximum absolute atomic E-state index is 10.6. The molecule has 17 heavy (non-hydrogen) atoms. The van der Waals surface area contributed by atoms with Crippen LogP contribution in [0.5, 0.6) is 23.0 Å². The molecule has 1 heterocycles. The second kappa shape index (κ2) is 4.36. The molecule has 92 valence electrons. The van der Waals surface area contributed by atoms with E-state index < -0.39 is 4.92 Å². The average Bonchev–Trinajstić information content (AvgIpc) is 2.76. The van der Waals surface area contributed by atoms with Crippen LogP contribution in [0.4, 0.5) is 0 Å². The molecule has 0 fully saturated rings. The van der Waals surface area contributed by atoms with E-state index in [0.717, 1.165) is 0 Å². The van der Waals surface area contributed by atoms with Crippen molar-refractivity contribution in [3.8, 4) is 23.0 Å². The summed E-state index contributed by atoms with van der Waals surface area (Å²) in [5.41, 5.74) is 0.388. The van der Waals surface area contributed by atoms with Crippen molar-refractivity contribution in [2.45, 2.75) is 6.54 Å². The molecule has 0 saturated heterocycles. The molecule has 1 aliphatic heterocycles. The van der Waals surface area contributed by atoms with Crippen LogP contribution in [0, 0.1) is 10.1 Å². The Morgan fingerprint density at radius 3 is 2.65 bits per heavy atom. The molecule has 0 unspecified atom stereocenters. The molecule has 0 N–H and O–H groups in total. The van der Waals surface area contributed by atoms with Crippen LogP contribution in [-0.2, 0) is 6.54 Å². The maximum Gasteiger partial charge on any atom is 0.232 e. The minimum Gasteiger partial charge on any atom is -0.493 e. The van der Waals surface area contributed by atoms with E-state index in [1.807, 2.05) is 0 Å². The first-order valence-corrected chi connectivity index (χ1v) is 4.82. The average molecular weight is 241 g/mol. The number of ether oxygens (including phenoxy) is 4. The van der Waals surface area contributed by atoms with Crippen molar-refractivity contribution in [2.75, 3.05) is 21.0 Å². The summed E-state index contributed by atoms with van der Waals surface area (Å²) >= 11 is 0. The third kappa shape index (κ3) is 1.91. The van der Waals surface area contributed by atoms with Gasteiger partial charge in [-0.25, -0.2) is 0 Å². The monoisotopic (exact) mass is 241 g/mol. The molecule has 0 bridgehead atoms. The number of hydrogen-bond acceptors (Lipinski definition) is 6. The van der Waals surface area contributed by atoms with Gasteiger partial charge in [-0.1, -0.05) is 0 Å². The lowest BCUT2D eigenvalue weighted by molar-refractivity contribution is -0.496. The van der Waals surface area contributed by atoms with E-state index in [0.29, 0.717) is 28.6 Å². The number of nitro groups is 1. The fraction of sp³-hybridized carbons (Fsp3) is 0.400. The predicted octanol–water partition coefficient (Wildman–Crippen LogP) is 1.21. The first-order valence-electron chi connectivity index (χ1n) is 4.82. The molecule has 7 nitrogen and oxygen atoms in total. The Labute approximate surface area is 97.0 Å². The number of nitrogens with zero attached hydrogens (tertiary/aromatic N) is 1. The van der Waals surface area contributed by atoms with Crippen LogP contribution >= 0.6 is 0 Å². The van der Waals surface area contributed by atoms with Crippen molar-refractivity contribution in [3.05, 3.63) is 21.7 Å². The summed E-state index contributed by atoms with van der Waals surface area (Å²) in [5, 5.41) is 10.6. The topological polar surface area (TPSA) is 80.1 Å². The number of rotatable bonds is 4. The van der Waals surface area contributed by atoms with Gasteiger partial charge in [0.15, 0.2) is 11.5 Å². The van der Waals surface area contributed by atoms with Crippen molar-refractivity contribution in [1.82, 2.24) is 0 Å². The van der Waals surface area contributed by atoms with Gasteiger partial charge in [0.05, 0.1) is 19.8 Å². The van der Waals surface area contributed by atoms with Crippen LogP contribution in [0.15, 0.2) is 6.07 Å². The molecule has 1 aromatic carbocycles. The van der Waals surface area contributed by atoms with Crippen molar-refractivity contribution in [1.29, 1.82) is 0 Å². The standard InChI is InChI=1S/C10H11NO6/c1-14-7-3-6(4-11(12)13)8(15-2)10-9(7)16-5-17-10/h3H,4-5H2,1-2H3. The summed E-state index contributed by atoms with van der Waals surface area (Å²) in [5.74, 6) is 1.48. The Morgan fingerprint density at radius 2 is 2.06 bits per heavy atom. The zero-order valence-electron chi connectivity index (χ0n) is 9.39. The minimum absolute atomic E-state index is 0.0456. The van der Waals surface area contributed by atoms with Gasteiger partial charge < -0.3 is 18.9 Å². The van der Waals surface area contributed by atoms with Gasteiger partial charge in [0.2, 0.25) is 24.8 Å². The molecular formula is C10H11NO6. The first kappa shape index (κ1) is 11.3. The van der Waals surface area contributed by atoms with Gasteiger partial charge >= 0.3 is 0 Å². The normalized spacial score (nSPS) is 12.4. The lowest BCUT2D eigenvalue weighted by Crippen LogP contribution is -2.02. The Hall–Kier alpha value is -2.18. The van der Waals surface area contributed by atoms with E-state index in [9.17, 15) is 10.1 Å². The molecule has 0 saturated carbocycles. The predicted molar refractivity (Wildman–Crippen MR) is 56.4 cm³/mol. The highest BCUT2D eigenvalue weighted by Crippen LogP contribution is 2.49. The highest BCUT2D eigenvalue weighted by atomic mass is 16.7. The molecule has 0 spiro atoms. The number of benzene rings is 1.